The summed E-state index contributed by atoms with van der Waals surface area (Å²) in [6, 6.07) is 8.05. The van der Waals surface area contributed by atoms with Crippen molar-refractivity contribution in [2.75, 3.05) is 0 Å². The van der Waals surface area contributed by atoms with Crippen LogP contribution in [0.15, 0.2) is 24.3 Å². The molecular formula is C10H10N2S. The molecule has 13 heavy (non-hydrogen) atoms. The predicted molar refractivity (Wildman–Crippen MR) is 56.3 cm³/mol. The van der Waals surface area contributed by atoms with E-state index in [1.807, 2.05) is 36.7 Å². The molecule has 0 aliphatic rings. The van der Waals surface area contributed by atoms with E-state index in [-0.39, 0.29) is 0 Å². The van der Waals surface area contributed by atoms with E-state index in [0.29, 0.717) is 4.64 Å². The van der Waals surface area contributed by atoms with Gasteiger partial charge in [-0.15, -0.1) is 0 Å². The van der Waals surface area contributed by atoms with Gasteiger partial charge in [-0.3, -0.25) is 0 Å². The number of nitrogens with zero attached hydrogens (tertiary/aromatic N) is 2. The Labute approximate surface area is 81.9 Å². The van der Waals surface area contributed by atoms with Crippen molar-refractivity contribution in [1.29, 1.82) is 0 Å². The Morgan fingerprint density at radius 2 is 2.00 bits per heavy atom. The molecule has 0 bridgehead atoms. The summed E-state index contributed by atoms with van der Waals surface area (Å²) in [5.74, 6) is 0.948. The van der Waals surface area contributed by atoms with Gasteiger partial charge in [0.2, 0.25) is 0 Å². The Hall–Kier alpha value is -1.22. The first-order valence-electron chi connectivity index (χ1n) is 4.12. The van der Waals surface area contributed by atoms with Crippen molar-refractivity contribution >= 4 is 23.1 Å². The molecule has 0 saturated carbocycles. The van der Waals surface area contributed by atoms with Crippen molar-refractivity contribution in [3.8, 4) is 0 Å². The summed E-state index contributed by atoms with van der Waals surface area (Å²) in [5, 5.41) is 1.05. The molecule has 66 valence electrons. The smallest absolute Gasteiger partial charge is 0.137 e. The molecule has 0 spiro atoms. The summed E-state index contributed by atoms with van der Waals surface area (Å²) in [6.07, 6.45) is 0. The highest BCUT2D eigenvalue weighted by Gasteiger charge is 2.00. The van der Waals surface area contributed by atoms with E-state index in [2.05, 4.69) is 11.1 Å². The molecule has 1 heterocycles. The molecule has 1 aromatic carbocycles. The van der Waals surface area contributed by atoms with Crippen LogP contribution >= 0.6 is 12.2 Å². The number of fused-ring (bicyclic) bond motifs is 1. The van der Waals surface area contributed by atoms with Gasteiger partial charge in [0, 0.05) is 12.4 Å². The second kappa shape index (κ2) is 2.92. The lowest BCUT2D eigenvalue weighted by Gasteiger charge is -2.07. The van der Waals surface area contributed by atoms with Crippen molar-refractivity contribution < 1.29 is 0 Å². The first-order valence-corrected chi connectivity index (χ1v) is 4.53. The van der Waals surface area contributed by atoms with E-state index in [9.17, 15) is 0 Å². The van der Waals surface area contributed by atoms with Crippen LogP contribution in [0.5, 0.6) is 0 Å². The van der Waals surface area contributed by atoms with Gasteiger partial charge >= 0.3 is 0 Å². The molecule has 0 unspecified atom stereocenters. The Morgan fingerprint density at radius 3 is 2.77 bits per heavy atom. The van der Waals surface area contributed by atoms with Gasteiger partial charge in [-0.1, -0.05) is 24.4 Å². The summed E-state index contributed by atoms with van der Waals surface area (Å²) < 4.78 is 2.73. The average molecular weight is 190 g/mol. The highest BCUT2D eigenvalue weighted by atomic mass is 32.1. The number of rotatable bonds is 0. The maximum absolute atomic E-state index is 5.18. The number of hydrogen-bond donors (Lipinski definition) is 0. The molecule has 0 aliphatic carbocycles. The third-order valence-electron chi connectivity index (χ3n) is 2.24. The maximum atomic E-state index is 5.18. The maximum Gasteiger partial charge on any atom is 0.137 e. The van der Waals surface area contributed by atoms with Crippen LogP contribution in [-0.4, -0.2) is 9.55 Å². The zero-order chi connectivity index (χ0) is 9.42. The van der Waals surface area contributed by atoms with Crippen LogP contribution in [0.1, 0.15) is 5.82 Å². The fourth-order valence-electron chi connectivity index (χ4n) is 1.40. The van der Waals surface area contributed by atoms with Crippen LogP contribution in [0.25, 0.3) is 10.9 Å². The summed E-state index contributed by atoms with van der Waals surface area (Å²) in [7, 11) is 2.00. The molecule has 0 amide bonds. The van der Waals surface area contributed by atoms with Crippen LogP contribution in [-0.2, 0) is 7.05 Å². The minimum atomic E-state index is 0.686. The normalized spacial score (nSPS) is 10.6. The summed E-state index contributed by atoms with van der Waals surface area (Å²) in [5.41, 5.74) is 1.14. The first-order chi connectivity index (χ1) is 6.20. The number of aryl methyl sites for hydroxylation is 2. The SMILES string of the molecule is Cc1nc(=S)c2ccccc2n1C. The summed E-state index contributed by atoms with van der Waals surface area (Å²) in [6.45, 7) is 1.96. The molecule has 0 fully saturated rings. The van der Waals surface area contributed by atoms with Crippen LogP contribution in [0.3, 0.4) is 0 Å². The topological polar surface area (TPSA) is 17.8 Å². The van der Waals surface area contributed by atoms with Gasteiger partial charge in [0.25, 0.3) is 0 Å². The fourth-order valence-corrected chi connectivity index (χ4v) is 1.71. The van der Waals surface area contributed by atoms with Gasteiger partial charge < -0.3 is 4.57 Å². The van der Waals surface area contributed by atoms with Crippen LogP contribution < -0.4 is 0 Å². The van der Waals surface area contributed by atoms with Crippen molar-refractivity contribution in [3.05, 3.63) is 34.7 Å². The third kappa shape index (κ3) is 1.25. The lowest BCUT2D eigenvalue weighted by atomic mass is 10.2. The number of hydrogen-bond acceptors (Lipinski definition) is 2. The number of para-hydroxylation sites is 1. The summed E-state index contributed by atoms with van der Waals surface area (Å²) >= 11 is 5.18. The highest BCUT2D eigenvalue weighted by Crippen LogP contribution is 2.14. The molecule has 1 aromatic heterocycles. The molecule has 0 aliphatic heterocycles. The van der Waals surface area contributed by atoms with Gasteiger partial charge in [-0.25, -0.2) is 4.98 Å². The molecular weight excluding hydrogens is 180 g/mol. The molecule has 2 rings (SSSR count). The Kier molecular flexibility index (Phi) is 1.88. The fraction of sp³-hybridized carbons (Fsp3) is 0.200. The monoisotopic (exact) mass is 190 g/mol. The highest BCUT2D eigenvalue weighted by molar-refractivity contribution is 7.71. The molecule has 0 radical (unpaired) electrons. The number of benzene rings is 1. The van der Waals surface area contributed by atoms with Crippen molar-refractivity contribution in [1.82, 2.24) is 9.55 Å². The molecule has 2 aromatic rings. The molecule has 0 atom stereocenters. The third-order valence-corrected chi connectivity index (χ3v) is 2.56. The van der Waals surface area contributed by atoms with E-state index in [1.165, 1.54) is 0 Å². The van der Waals surface area contributed by atoms with E-state index < -0.39 is 0 Å². The Morgan fingerprint density at radius 1 is 1.31 bits per heavy atom. The minimum Gasteiger partial charge on any atom is -0.333 e. The van der Waals surface area contributed by atoms with Crippen molar-refractivity contribution in [3.63, 3.8) is 0 Å². The van der Waals surface area contributed by atoms with Gasteiger partial charge in [0.1, 0.15) is 10.5 Å². The second-order valence-corrected chi connectivity index (χ2v) is 3.43. The lowest BCUT2D eigenvalue weighted by Crippen LogP contribution is -2.01. The van der Waals surface area contributed by atoms with Gasteiger partial charge in [-0.05, 0) is 19.1 Å². The summed E-state index contributed by atoms with van der Waals surface area (Å²) in [4.78, 5) is 4.28. The van der Waals surface area contributed by atoms with Crippen LogP contribution in [0, 0.1) is 11.6 Å². The van der Waals surface area contributed by atoms with E-state index in [4.69, 9.17) is 12.2 Å². The van der Waals surface area contributed by atoms with Crippen molar-refractivity contribution in [2.24, 2.45) is 7.05 Å². The van der Waals surface area contributed by atoms with Crippen LogP contribution in [0.2, 0.25) is 0 Å². The van der Waals surface area contributed by atoms with Gasteiger partial charge in [-0.2, -0.15) is 0 Å². The second-order valence-electron chi connectivity index (χ2n) is 3.04. The lowest BCUT2D eigenvalue weighted by molar-refractivity contribution is 0.845. The predicted octanol–water partition coefficient (Wildman–Crippen LogP) is 2.61. The zero-order valence-electron chi connectivity index (χ0n) is 7.61. The van der Waals surface area contributed by atoms with E-state index >= 15 is 0 Å². The van der Waals surface area contributed by atoms with E-state index in [1.54, 1.807) is 0 Å². The van der Waals surface area contributed by atoms with Crippen LogP contribution in [0.4, 0.5) is 0 Å². The number of aromatic nitrogens is 2. The quantitative estimate of drug-likeness (QED) is 0.594. The standard InChI is InChI=1S/C10H10N2S/c1-7-11-10(13)8-5-3-4-6-9(8)12(7)2/h3-6H,1-2H3. The van der Waals surface area contributed by atoms with E-state index in [0.717, 1.165) is 16.7 Å². The minimum absolute atomic E-state index is 0.686. The van der Waals surface area contributed by atoms with Crippen molar-refractivity contribution in [2.45, 2.75) is 6.92 Å². The largest absolute Gasteiger partial charge is 0.333 e. The Balaban J connectivity index is 3.06. The molecule has 0 N–H and O–H groups in total. The first kappa shape index (κ1) is 8.38. The molecule has 3 heteroatoms. The molecule has 2 nitrogen and oxygen atoms in total. The van der Waals surface area contributed by atoms with Gasteiger partial charge in [0.15, 0.2) is 0 Å². The average Bonchev–Trinajstić information content (AvgIpc) is 2.15. The molecule has 0 saturated heterocycles. The zero-order valence-corrected chi connectivity index (χ0v) is 8.43. The van der Waals surface area contributed by atoms with Gasteiger partial charge in [0.05, 0.1) is 5.52 Å². The Bertz CT molecular complexity index is 514.